The summed E-state index contributed by atoms with van der Waals surface area (Å²) in [5.74, 6) is -2.43. The average Bonchev–Trinajstić information content (AvgIpc) is 2.97. The molecule has 4 aromatic rings. The predicted octanol–water partition coefficient (Wildman–Crippen LogP) is 6.10. The second kappa shape index (κ2) is 14.7. The Morgan fingerprint density at radius 2 is 1.60 bits per heavy atom. The fourth-order valence-corrected chi connectivity index (χ4v) is 4.52. The van der Waals surface area contributed by atoms with Crippen molar-refractivity contribution in [1.29, 1.82) is 0 Å². The van der Waals surface area contributed by atoms with Gasteiger partial charge in [-0.25, -0.2) is 0 Å². The van der Waals surface area contributed by atoms with Crippen LogP contribution in [0.5, 0.6) is 5.75 Å². The van der Waals surface area contributed by atoms with Crippen LogP contribution >= 0.6 is 0 Å². The predicted molar refractivity (Wildman–Crippen MR) is 153 cm³/mol. The summed E-state index contributed by atoms with van der Waals surface area (Å²) in [5.41, 5.74) is 2.01. The summed E-state index contributed by atoms with van der Waals surface area (Å²) in [6.07, 6.45) is 2.66. The van der Waals surface area contributed by atoms with Crippen LogP contribution in [0.3, 0.4) is 0 Å². The van der Waals surface area contributed by atoms with Gasteiger partial charge in [0.25, 0.3) is 5.92 Å². The Morgan fingerprint density at radius 3 is 2.38 bits per heavy atom. The molecule has 0 spiro atoms. The van der Waals surface area contributed by atoms with E-state index in [0.29, 0.717) is 36.6 Å². The molecule has 1 unspecified atom stereocenters. The number of hydrogen-bond acceptors (Lipinski definition) is 5. The third-order valence-corrected chi connectivity index (χ3v) is 6.70. The zero-order valence-electron chi connectivity index (χ0n) is 22.5. The lowest BCUT2D eigenvalue weighted by atomic mass is 10.0. The Bertz CT molecular complexity index is 1380. The Kier molecular flexibility index (Phi) is 10.8. The highest BCUT2D eigenvalue weighted by atomic mass is 19.3. The standard InChI is InChI=1S/C32H36F2N2O4/c33-32(34,25-13-7-4-8-14-25)23-39-20-10-2-1-9-19-35-21-28(37)26-15-17-29(31-27(26)16-18-30(38)36-31)40-22-24-11-5-3-6-12-24/h3-8,11-18,28,35,37H,1-2,9-10,19-23H2,(H,36,38). The van der Waals surface area contributed by atoms with Crippen molar-refractivity contribution in [2.45, 2.75) is 44.3 Å². The van der Waals surface area contributed by atoms with E-state index in [2.05, 4.69) is 10.3 Å². The molecule has 0 fully saturated rings. The summed E-state index contributed by atoms with van der Waals surface area (Å²) in [4.78, 5) is 14.9. The Morgan fingerprint density at radius 1 is 0.875 bits per heavy atom. The second-order valence-corrected chi connectivity index (χ2v) is 9.80. The number of alkyl halides is 2. The van der Waals surface area contributed by atoms with Crippen molar-refractivity contribution in [2.75, 3.05) is 26.3 Å². The molecule has 3 N–H and O–H groups in total. The van der Waals surface area contributed by atoms with E-state index in [9.17, 15) is 18.7 Å². The number of fused-ring (bicyclic) bond motifs is 1. The van der Waals surface area contributed by atoms with Gasteiger partial charge in [-0.05, 0) is 42.6 Å². The molecule has 1 aromatic heterocycles. The molecule has 0 radical (unpaired) electrons. The van der Waals surface area contributed by atoms with Gasteiger partial charge in [0.05, 0.1) is 11.6 Å². The number of aliphatic hydroxyl groups is 1. The van der Waals surface area contributed by atoms with Crippen molar-refractivity contribution in [3.63, 3.8) is 0 Å². The van der Waals surface area contributed by atoms with Gasteiger partial charge in [0.2, 0.25) is 5.56 Å². The number of hydrogen-bond donors (Lipinski definition) is 3. The molecule has 8 heteroatoms. The molecule has 1 atom stereocenters. The van der Waals surface area contributed by atoms with E-state index in [4.69, 9.17) is 9.47 Å². The second-order valence-electron chi connectivity index (χ2n) is 9.80. The molecule has 40 heavy (non-hydrogen) atoms. The summed E-state index contributed by atoms with van der Waals surface area (Å²) in [6.45, 7) is 1.13. The van der Waals surface area contributed by atoms with Crippen LogP contribution in [0.4, 0.5) is 8.78 Å². The largest absolute Gasteiger partial charge is 0.487 e. The molecule has 0 aliphatic heterocycles. The van der Waals surface area contributed by atoms with E-state index in [1.165, 1.54) is 18.2 Å². The number of benzene rings is 3. The number of aromatic nitrogens is 1. The summed E-state index contributed by atoms with van der Waals surface area (Å²) in [5, 5.41) is 14.9. The van der Waals surface area contributed by atoms with E-state index >= 15 is 0 Å². The fraction of sp³-hybridized carbons (Fsp3) is 0.344. The van der Waals surface area contributed by atoms with Crippen LogP contribution in [0, 0.1) is 0 Å². The number of nitrogens with one attached hydrogen (secondary N) is 2. The number of aromatic amines is 1. The third kappa shape index (κ3) is 8.45. The molecule has 0 aliphatic carbocycles. The molecular weight excluding hydrogens is 514 g/mol. The lowest BCUT2D eigenvalue weighted by Crippen LogP contribution is -2.23. The van der Waals surface area contributed by atoms with E-state index in [0.717, 1.165) is 43.2 Å². The van der Waals surface area contributed by atoms with Gasteiger partial charge < -0.3 is 24.9 Å². The molecule has 1 heterocycles. The fourth-order valence-electron chi connectivity index (χ4n) is 4.52. The molecule has 4 rings (SSSR count). The van der Waals surface area contributed by atoms with E-state index in [1.54, 1.807) is 30.3 Å². The highest BCUT2D eigenvalue weighted by molar-refractivity contribution is 5.87. The lowest BCUT2D eigenvalue weighted by molar-refractivity contribution is -0.0831. The number of aliphatic hydroxyl groups excluding tert-OH is 1. The zero-order valence-corrected chi connectivity index (χ0v) is 22.5. The maximum atomic E-state index is 14.1. The molecule has 0 saturated heterocycles. The molecular formula is C32H36F2N2O4. The molecule has 212 valence electrons. The summed E-state index contributed by atoms with van der Waals surface area (Å²) >= 11 is 0. The van der Waals surface area contributed by atoms with Crippen LogP contribution in [0.1, 0.15) is 48.5 Å². The van der Waals surface area contributed by atoms with E-state index in [-0.39, 0.29) is 11.1 Å². The first-order valence-corrected chi connectivity index (χ1v) is 13.7. The highest BCUT2D eigenvalue weighted by Gasteiger charge is 2.31. The van der Waals surface area contributed by atoms with Gasteiger partial charge in [-0.3, -0.25) is 4.79 Å². The number of pyridine rings is 1. The smallest absolute Gasteiger partial charge is 0.296 e. The van der Waals surface area contributed by atoms with Gasteiger partial charge in [-0.1, -0.05) is 79.6 Å². The normalized spacial score (nSPS) is 12.5. The first-order valence-electron chi connectivity index (χ1n) is 13.7. The number of rotatable bonds is 16. The van der Waals surface area contributed by atoms with Gasteiger partial charge in [-0.15, -0.1) is 0 Å². The van der Waals surface area contributed by atoms with Crippen LogP contribution in [0.2, 0.25) is 0 Å². The molecule has 6 nitrogen and oxygen atoms in total. The van der Waals surface area contributed by atoms with Crippen LogP contribution in [-0.4, -0.2) is 36.4 Å². The van der Waals surface area contributed by atoms with Crippen LogP contribution in [0.15, 0.2) is 89.7 Å². The van der Waals surface area contributed by atoms with Crippen LogP contribution < -0.4 is 15.6 Å². The van der Waals surface area contributed by atoms with Gasteiger partial charge in [0, 0.05) is 30.2 Å². The van der Waals surface area contributed by atoms with E-state index in [1.807, 2.05) is 36.4 Å². The Balaban J connectivity index is 1.17. The van der Waals surface area contributed by atoms with Gasteiger partial charge >= 0.3 is 0 Å². The van der Waals surface area contributed by atoms with Crippen molar-refractivity contribution in [3.8, 4) is 5.75 Å². The number of unbranched alkanes of at least 4 members (excludes halogenated alkanes) is 3. The first-order chi connectivity index (χ1) is 19.4. The topological polar surface area (TPSA) is 83.6 Å². The first kappa shape index (κ1) is 29.4. The summed E-state index contributed by atoms with van der Waals surface area (Å²) < 4.78 is 39.4. The minimum Gasteiger partial charge on any atom is -0.487 e. The van der Waals surface area contributed by atoms with E-state index < -0.39 is 18.6 Å². The monoisotopic (exact) mass is 550 g/mol. The third-order valence-electron chi connectivity index (χ3n) is 6.70. The highest BCUT2D eigenvalue weighted by Crippen LogP contribution is 2.30. The molecule has 0 saturated carbocycles. The average molecular weight is 551 g/mol. The zero-order chi connectivity index (χ0) is 28.2. The SMILES string of the molecule is O=c1ccc2c(C(O)CNCCCCCCOCC(F)(F)c3ccccc3)ccc(OCc3ccccc3)c2[nH]1. The Labute approximate surface area is 233 Å². The molecule has 3 aromatic carbocycles. The lowest BCUT2D eigenvalue weighted by Gasteiger charge is -2.17. The quantitative estimate of drug-likeness (QED) is 0.147. The summed E-state index contributed by atoms with van der Waals surface area (Å²) in [7, 11) is 0. The van der Waals surface area contributed by atoms with Crippen molar-refractivity contribution in [2.24, 2.45) is 0 Å². The van der Waals surface area contributed by atoms with Gasteiger partial charge in [-0.2, -0.15) is 8.78 Å². The minimum absolute atomic E-state index is 0.0307. The summed E-state index contributed by atoms with van der Waals surface area (Å²) in [6, 6.07) is 24.2. The maximum Gasteiger partial charge on any atom is 0.296 e. The van der Waals surface area contributed by atoms with Gasteiger partial charge in [0.1, 0.15) is 19.0 Å². The van der Waals surface area contributed by atoms with Crippen molar-refractivity contribution >= 4 is 10.9 Å². The van der Waals surface area contributed by atoms with Crippen molar-refractivity contribution in [1.82, 2.24) is 10.3 Å². The van der Waals surface area contributed by atoms with Gasteiger partial charge in [0.15, 0.2) is 0 Å². The Hall–Kier alpha value is -3.59. The van der Waals surface area contributed by atoms with Crippen molar-refractivity contribution < 1.29 is 23.4 Å². The minimum atomic E-state index is -2.98. The number of ether oxygens (including phenoxy) is 2. The van der Waals surface area contributed by atoms with Crippen LogP contribution in [-0.2, 0) is 17.3 Å². The molecule has 0 bridgehead atoms. The number of H-pyrrole nitrogens is 1. The maximum absolute atomic E-state index is 14.1. The molecule has 0 aliphatic rings. The molecule has 0 amide bonds. The van der Waals surface area contributed by atoms with Crippen molar-refractivity contribution in [3.05, 3.63) is 112 Å². The number of halogens is 2. The van der Waals surface area contributed by atoms with Crippen LogP contribution in [0.25, 0.3) is 10.9 Å².